The van der Waals surface area contributed by atoms with Crippen LogP contribution in [0.5, 0.6) is 0 Å². The number of aromatic nitrogens is 4. The normalized spacial score (nSPS) is 21.7. The molecule has 7 nitrogen and oxygen atoms in total. The Balaban J connectivity index is 1.36. The first-order chi connectivity index (χ1) is 10.6. The van der Waals surface area contributed by atoms with E-state index >= 15 is 0 Å². The Hall–Kier alpha value is -1.73. The minimum atomic E-state index is -0.463. The summed E-state index contributed by atoms with van der Waals surface area (Å²) in [5.74, 6) is 0.955. The largest absolute Gasteiger partial charge is 0.389 e. The van der Waals surface area contributed by atoms with Crippen LogP contribution in [0.15, 0.2) is 18.5 Å². The molecule has 0 bridgehead atoms. The van der Waals surface area contributed by atoms with Crippen molar-refractivity contribution in [1.82, 2.24) is 24.7 Å². The van der Waals surface area contributed by atoms with Crippen molar-refractivity contribution in [2.24, 2.45) is 0 Å². The van der Waals surface area contributed by atoms with Gasteiger partial charge in [-0.3, -0.25) is 4.90 Å². The third-order valence-corrected chi connectivity index (χ3v) is 5.04. The standard InChI is InChI=1S/C15H22N6O/c1-19(10-15(22)6-2-3-7-15)12-8-20(9-12)14-5-4-13-17-16-11-21(13)18-14/h4-5,11-12,22H,2-3,6-10H2,1H3. The Kier molecular flexibility index (Phi) is 3.27. The van der Waals surface area contributed by atoms with Crippen LogP contribution in [-0.2, 0) is 0 Å². The molecule has 2 aromatic heterocycles. The lowest BCUT2D eigenvalue weighted by molar-refractivity contribution is 0.00181. The average Bonchev–Trinajstić information content (AvgIpc) is 3.05. The monoisotopic (exact) mass is 302 g/mol. The third-order valence-electron chi connectivity index (χ3n) is 5.04. The molecule has 3 heterocycles. The van der Waals surface area contributed by atoms with Crippen molar-refractivity contribution >= 4 is 11.5 Å². The Bertz CT molecular complexity index is 659. The minimum absolute atomic E-state index is 0.463. The van der Waals surface area contributed by atoms with Gasteiger partial charge in [-0.05, 0) is 32.0 Å². The summed E-state index contributed by atoms with van der Waals surface area (Å²) < 4.78 is 1.70. The summed E-state index contributed by atoms with van der Waals surface area (Å²) in [6.07, 6.45) is 5.82. The Morgan fingerprint density at radius 3 is 2.86 bits per heavy atom. The van der Waals surface area contributed by atoms with E-state index in [2.05, 4.69) is 32.1 Å². The van der Waals surface area contributed by atoms with Crippen molar-refractivity contribution in [2.75, 3.05) is 31.6 Å². The van der Waals surface area contributed by atoms with Gasteiger partial charge >= 0.3 is 0 Å². The average molecular weight is 302 g/mol. The van der Waals surface area contributed by atoms with E-state index in [9.17, 15) is 5.11 Å². The highest BCUT2D eigenvalue weighted by Gasteiger charge is 2.37. The highest BCUT2D eigenvalue weighted by atomic mass is 16.3. The van der Waals surface area contributed by atoms with Crippen LogP contribution in [-0.4, -0.2) is 68.1 Å². The number of rotatable bonds is 4. The molecular formula is C15H22N6O. The summed E-state index contributed by atoms with van der Waals surface area (Å²) >= 11 is 0. The number of likely N-dealkylation sites (N-methyl/N-ethyl adjacent to an activating group) is 1. The van der Waals surface area contributed by atoms with E-state index in [0.29, 0.717) is 6.04 Å². The van der Waals surface area contributed by atoms with Crippen LogP contribution in [0.3, 0.4) is 0 Å². The van der Waals surface area contributed by atoms with E-state index in [0.717, 1.165) is 56.8 Å². The summed E-state index contributed by atoms with van der Waals surface area (Å²) in [4.78, 5) is 4.55. The van der Waals surface area contributed by atoms with Crippen LogP contribution >= 0.6 is 0 Å². The van der Waals surface area contributed by atoms with Crippen molar-refractivity contribution in [2.45, 2.75) is 37.3 Å². The molecule has 1 saturated heterocycles. The molecule has 2 aliphatic rings. The van der Waals surface area contributed by atoms with Crippen molar-refractivity contribution < 1.29 is 5.11 Å². The van der Waals surface area contributed by atoms with Crippen LogP contribution in [0.25, 0.3) is 5.65 Å². The summed E-state index contributed by atoms with van der Waals surface area (Å²) in [6, 6.07) is 4.42. The molecule has 1 saturated carbocycles. The number of hydrogen-bond acceptors (Lipinski definition) is 6. The Morgan fingerprint density at radius 1 is 1.32 bits per heavy atom. The maximum atomic E-state index is 10.5. The third kappa shape index (κ3) is 2.44. The number of hydrogen-bond donors (Lipinski definition) is 1. The fraction of sp³-hybridized carbons (Fsp3) is 0.667. The summed E-state index contributed by atoms with van der Waals surface area (Å²) in [5, 5.41) is 22.9. The SMILES string of the molecule is CN(CC1(O)CCCC1)C1CN(c2ccc3nncn3n2)C1. The molecule has 0 amide bonds. The molecule has 0 atom stereocenters. The van der Waals surface area contributed by atoms with Gasteiger partial charge in [0.1, 0.15) is 12.1 Å². The lowest BCUT2D eigenvalue weighted by atomic mass is 9.99. The second-order valence-corrected chi connectivity index (χ2v) is 6.73. The molecule has 0 radical (unpaired) electrons. The summed E-state index contributed by atoms with van der Waals surface area (Å²) in [6.45, 7) is 2.68. The van der Waals surface area contributed by atoms with E-state index in [-0.39, 0.29) is 0 Å². The first-order valence-electron chi connectivity index (χ1n) is 7.98. The summed E-state index contributed by atoms with van der Waals surface area (Å²) in [7, 11) is 2.12. The lowest BCUT2D eigenvalue weighted by Crippen LogP contribution is -2.61. The highest BCUT2D eigenvalue weighted by Crippen LogP contribution is 2.31. The van der Waals surface area contributed by atoms with Gasteiger partial charge in [0, 0.05) is 25.7 Å². The number of aliphatic hydroxyl groups is 1. The van der Waals surface area contributed by atoms with Crippen LogP contribution in [0.2, 0.25) is 0 Å². The zero-order valence-corrected chi connectivity index (χ0v) is 12.9. The fourth-order valence-corrected chi connectivity index (χ4v) is 3.59. The molecule has 0 aromatic carbocycles. The smallest absolute Gasteiger partial charge is 0.177 e. The predicted octanol–water partition coefficient (Wildman–Crippen LogP) is 0.550. The fourth-order valence-electron chi connectivity index (χ4n) is 3.59. The van der Waals surface area contributed by atoms with Gasteiger partial charge in [0.15, 0.2) is 5.65 Å². The topological polar surface area (TPSA) is 69.8 Å². The molecular weight excluding hydrogens is 280 g/mol. The predicted molar refractivity (Wildman–Crippen MR) is 82.8 cm³/mol. The molecule has 4 rings (SSSR count). The maximum absolute atomic E-state index is 10.5. The molecule has 0 unspecified atom stereocenters. The maximum Gasteiger partial charge on any atom is 0.177 e. The van der Waals surface area contributed by atoms with Gasteiger partial charge in [-0.1, -0.05) is 12.8 Å². The molecule has 1 aliphatic carbocycles. The van der Waals surface area contributed by atoms with Gasteiger partial charge in [-0.2, -0.15) is 4.52 Å². The Labute approximate surface area is 129 Å². The van der Waals surface area contributed by atoms with Gasteiger partial charge in [0.2, 0.25) is 0 Å². The van der Waals surface area contributed by atoms with Gasteiger partial charge in [0.05, 0.1) is 5.60 Å². The Morgan fingerprint density at radius 2 is 2.09 bits per heavy atom. The second-order valence-electron chi connectivity index (χ2n) is 6.73. The zero-order chi connectivity index (χ0) is 15.2. The van der Waals surface area contributed by atoms with E-state index in [1.165, 1.54) is 0 Å². The van der Waals surface area contributed by atoms with E-state index in [1.807, 2.05) is 12.1 Å². The molecule has 7 heteroatoms. The van der Waals surface area contributed by atoms with Crippen molar-refractivity contribution in [3.63, 3.8) is 0 Å². The van der Waals surface area contributed by atoms with Crippen molar-refractivity contribution in [1.29, 1.82) is 0 Å². The van der Waals surface area contributed by atoms with Gasteiger partial charge in [-0.15, -0.1) is 15.3 Å². The molecule has 0 spiro atoms. The van der Waals surface area contributed by atoms with Gasteiger partial charge < -0.3 is 10.0 Å². The van der Waals surface area contributed by atoms with Crippen LogP contribution in [0.1, 0.15) is 25.7 Å². The number of nitrogens with zero attached hydrogens (tertiary/aromatic N) is 6. The van der Waals surface area contributed by atoms with Gasteiger partial charge in [-0.25, -0.2) is 0 Å². The van der Waals surface area contributed by atoms with E-state index in [1.54, 1.807) is 10.8 Å². The van der Waals surface area contributed by atoms with Gasteiger partial charge in [0.25, 0.3) is 0 Å². The van der Waals surface area contributed by atoms with Crippen LogP contribution < -0.4 is 4.90 Å². The first-order valence-corrected chi connectivity index (χ1v) is 7.98. The molecule has 2 fully saturated rings. The minimum Gasteiger partial charge on any atom is -0.389 e. The van der Waals surface area contributed by atoms with Crippen molar-refractivity contribution in [3.8, 4) is 0 Å². The molecule has 1 N–H and O–H groups in total. The summed E-state index contributed by atoms with van der Waals surface area (Å²) in [5.41, 5.74) is 0.302. The number of anilines is 1. The van der Waals surface area contributed by atoms with E-state index < -0.39 is 5.60 Å². The van der Waals surface area contributed by atoms with Crippen LogP contribution in [0, 0.1) is 0 Å². The highest BCUT2D eigenvalue weighted by molar-refractivity contribution is 5.47. The first kappa shape index (κ1) is 13.9. The molecule has 118 valence electrons. The molecule has 2 aromatic rings. The lowest BCUT2D eigenvalue weighted by Gasteiger charge is -2.46. The number of fused-ring (bicyclic) bond motifs is 1. The second kappa shape index (κ2) is 5.17. The van der Waals surface area contributed by atoms with Crippen LogP contribution in [0.4, 0.5) is 5.82 Å². The quantitative estimate of drug-likeness (QED) is 0.889. The van der Waals surface area contributed by atoms with Crippen molar-refractivity contribution in [3.05, 3.63) is 18.5 Å². The molecule has 1 aliphatic heterocycles. The molecule has 22 heavy (non-hydrogen) atoms. The van der Waals surface area contributed by atoms with E-state index in [4.69, 9.17) is 0 Å². The zero-order valence-electron chi connectivity index (χ0n) is 12.9.